The molecule has 1 unspecified atom stereocenters. The van der Waals surface area contributed by atoms with Gasteiger partial charge in [-0.2, -0.15) is 0 Å². The molecule has 33 heavy (non-hydrogen) atoms. The van der Waals surface area contributed by atoms with Crippen LogP contribution in [0.1, 0.15) is 59.0 Å². The molecule has 0 saturated carbocycles. The summed E-state index contributed by atoms with van der Waals surface area (Å²) in [7, 11) is 0. The van der Waals surface area contributed by atoms with Gasteiger partial charge in [-0.15, -0.1) is 0 Å². The minimum absolute atomic E-state index is 0.185. The lowest BCUT2D eigenvalue weighted by Gasteiger charge is -2.23. The van der Waals surface area contributed by atoms with Gasteiger partial charge >= 0.3 is 0 Å². The SMILES string of the molecule is O=C1NC(=O)c2c(CCBr)cccc21.O=C1NC(=O)c2c(CCC3CNCCO3)cccc21. The van der Waals surface area contributed by atoms with Crippen LogP contribution < -0.4 is 16.0 Å². The Morgan fingerprint density at radius 1 is 0.818 bits per heavy atom. The standard InChI is InChI=1S/C14H16N2O3.C10H8BrNO2/c17-13-11-3-1-2-9(12(11)14(18)16-13)4-5-10-8-15-6-7-19-10;11-5-4-6-2-1-3-7-8(6)10(14)12-9(7)13/h1-3,10,15H,4-8H2,(H,16,17,18);1-3H,4-5H2,(H,12,13,14). The second-order valence-electron chi connectivity index (χ2n) is 7.92. The van der Waals surface area contributed by atoms with Crippen LogP contribution in [0.15, 0.2) is 36.4 Å². The maximum absolute atomic E-state index is 11.8. The van der Waals surface area contributed by atoms with Crippen molar-refractivity contribution in [2.24, 2.45) is 0 Å². The number of carbonyl (C=O) groups is 4. The Hall–Kier alpha value is -2.88. The molecule has 5 rings (SSSR count). The normalized spacial score (nSPS) is 18.8. The number of amides is 4. The first-order valence-corrected chi connectivity index (χ1v) is 11.9. The van der Waals surface area contributed by atoms with Crippen molar-refractivity contribution >= 4 is 39.6 Å². The van der Waals surface area contributed by atoms with Crippen molar-refractivity contribution in [3.05, 3.63) is 69.8 Å². The van der Waals surface area contributed by atoms with Crippen LogP contribution in [-0.4, -0.2) is 54.8 Å². The molecule has 0 radical (unpaired) electrons. The summed E-state index contributed by atoms with van der Waals surface area (Å²) in [5.41, 5.74) is 3.91. The quantitative estimate of drug-likeness (QED) is 0.416. The van der Waals surface area contributed by atoms with Crippen LogP contribution >= 0.6 is 15.9 Å². The average molecular weight is 514 g/mol. The van der Waals surface area contributed by atoms with E-state index in [-0.39, 0.29) is 29.7 Å². The zero-order chi connectivity index (χ0) is 23.4. The molecule has 0 spiro atoms. The Morgan fingerprint density at radius 2 is 1.39 bits per heavy atom. The number of nitrogens with one attached hydrogen (secondary N) is 3. The van der Waals surface area contributed by atoms with Gasteiger partial charge in [-0.05, 0) is 42.5 Å². The molecule has 1 fully saturated rings. The molecule has 2 aromatic rings. The second-order valence-corrected chi connectivity index (χ2v) is 8.71. The van der Waals surface area contributed by atoms with Crippen LogP contribution in [-0.2, 0) is 17.6 Å². The highest BCUT2D eigenvalue weighted by Gasteiger charge is 2.29. The minimum atomic E-state index is -0.294. The summed E-state index contributed by atoms with van der Waals surface area (Å²) >= 11 is 3.31. The molecule has 172 valence electrons. The maximum atomic E-state index is 11.8. The number of imide groups is 2. The lowest BCUT2D eigenvalue weighted by molar-refractivity contribution is 0.0238. The van der Waals surface area contributed by atoms with Gasteiger partial charge in [-0.3, -0.25) is 29.8 Å². The predicted molar refractivity (Wildman–Crippen MR) is 125 cm³/mol. The Balaban J connectivity index is 0.000000165. The monoisotopic (exact) mass is 513 g/mol. The molecular formula is C24H24BrN3O5. The number of benzene rings is 2. The fourth-order valence-corrected chi connectivity index (χ4v) is 4.65. The van der Waals surface area contributed by atoms with E-state index in [1.54, 1.807) is 18.2 Å². The van der Waals surface area contributed by atoms with Crippen LogP contribution in [0.3, 0.4) is 0 Å². The van der Waals surface area contributed by atoms with Gasteiger partial charge in [-0.1, -0.05) is 40.2 Å². The lowest BCUT2D eigenvalue weighted by Crippen LogP contribution is -2.38. The number of ether oxygens (including phenoxy) is 1. The van der Waals surface area contributed by atoms with E-state index < -0.39 is 0 Å². The summed E-state index contributed by atoms with van der Waals surface area (Å²) in [6.07, 6.45) is 2.54. The summed E-state index contributed by atoms with van der Waals surface area (Å²) < 4.78 is 5.64. The maximum Gasteiger partial charge on any atom is 0.259 e. The smallest absolute Gasteiger partial charge is 0.259 e. The van der Waals surface area contributed by atoms with Crippen LogP contribution in [0.5, 0.6) is 0 Å². The highest BCUT2D eigenvalue weighted by Crippen LogP contribution is 2.22. The summed E-state index contributed by atoms with van der Waals surface area (Å²) in [4.78, 5) is 46.1. The van der Waals surface area contributed by atoms with Crippen molar-refractivity contribution in [1.29, 1.82) is 0 Å². The summed E-state index contributed by atoms with van der Waals surface area (Å²) in [6.45, 7) is 2.48. The third-order valence-electron chi connectivity index (χ3n) is 5.80. The minimum Gasteiger partial charge on any atom is -0.376 e. The molecule has 3 aliphatic rings. The zero-order valence-electron chi connectivity index (χ0n) is 17.9. The van der Waals surface area contributed by atoms with Gasteiger partial charge in [0, 0.05) is 18.4 Å². The van der Waals surface area contributed by atoms with Crippen LogP contribution in [0.2, 0.25) is 0 Å². The Morgan fingerprint density at radius 3 is 1.91 bits per heavy atom. The van der Waals surface area contributed by atoms with Crippen LogP contribution in [0.4, 0.5) is 0 Å². The fourth-order valence-electron chi connectivity index (χ4n) is 4.22. The second kappa shape index (κ2) is 10.4. The number of fused-ring (bicyclic) bond motifs is 2. The van der Waals surface area contributed by atoms with E-state index in [4.69, 9.17) is 4.74 Å². The van der Waals surface area contributed by atoms with Crippen LogP contribution in [0, 0.1) is 0 Å². The number of hydrogen-bond donors (Lipinski definition) is 3. The van der Waals surface area contributed by atoms with Crippen molar-refractivity contribution in [3.8, 4) is 0 Å². The van der Waals surface area contributed by atoms with Crippen molar-refractivity contribution in [3.63, 3.8) is 0 Å². The first kappa shape index (κ1) is 23.3. The Kier molecular flexibility index (Phi) is 7.32. The lowest BCUT2D eigenvalue weighted by atomic mass is 9.97. The van der Waals surface area contributed by atoms with E-state index in [1.807, 2.05) is 18.2 Å². The molecule has 0 bridgehead atoms. The van der Waals surface area contributed by atoms with E-state index in [0.29, 0.717) is 22.3 Å². The highest BCUT2D eigenvalue weighted by molar-refractivity contribution is 9.09. The van der Waals surface area contributed by atoms with E-state index in [0.717, 1.165) is 55.4 Å². The Labute approximate surface area is 199 Å². The van der Waals surface area contributed by atoms with Gasteiger partial charge in [0.1, 0.15) is 0 Å². The Bertz CT molecular complexity index is 1110. The molecule has 0 aliphatic carbocycles. The van der Waals surface area contributed by atoms with Crippen molar-refractivity contribution in [2.45, 2.75) is 25.4 Å². The third-order valence-corrected chi connectivity index (χ3v) is 6.20. The van der Waals surface area contributed by atoms with Crippen LogP contribution in [0.25, 0.3) is 0 Å². The number of alkyl halides is 1. The molecule has 4 amide bonds. The van der Waals surface area contributed by atoms with E-state index >= 15 is 0 Å². The topological polar surface area (TPSA) is 114 Å². The molecule has 3 heterocycles. The fraction of sp³-hybridized carbons (Fsp3) is 0.333. The number of hydrogen-bond acceptors (Lipinski definition) is 6. The van der Waals surface area contributed by atoms with E-state index in [9.17, 15) is 19.2 Å². The van der Waals surface area contributed by atoms with E-state index in [1.165, 1.54) is 0 Å². The number of morpholine rings is 1. The zero-order valence-corrected chi connectivity index (χ0v) is 19.5. The molecule has 8 nitrogen and oxygen atoms in total. The van der Waals surface area contributed by atoms with Gasteiger partial charge in [0.05, 0.1) is 35.0 Å². The molecule has 2 aromatic carbocycles. The molecule has 0 aromatic heterocycles. The van der Waals surface area contributed by atoms with Gasteiger partial charge in [0.25, 0.3) is 23.6 Å². The van der Waals surface area contributed by atoms with Gasteiger partial charge in [-0.25, -0.2) is 0 Å². The number of aryl methyl sites for hydroxylation is 2. The third kappa shape index (κ3) is 5.05. The molecule has 3 aliphatic heterocycles. The molecule has 1 saturated heterocycles. The summed E-state index contributed by atoms with van der Waals surface area (Å²) in [6, 6.07) is 10.8. The van der Waals surface area contributed by atoms with Crippen molar-refractivity contribution in [2.75, 3.05) is 25.0 Å². The van der Waals surface area contributed by atoms with Crippen molar-refractivity contribution < 1.29 is 23.9 Å². The number of carbonyl (C=O) groups excluding carboxylic acids is 4. The predicted octanol–water partition coefficient (Wildman–Crippen LogP) is 2.00. The van der Waals surface area contributed by atoms with Gasteiger partial charge in [0.15, 0.2) is 0 Å². The molecule has 1 atom stereocenters. The van der Waals surface area contributed by atoms with Gasteiger partial charge in [0.2, 0.25) is 0 Å². The summed E-state index contributed by atoms with van der Waals surface area (Å²) in [5, 5.41) is 8.69. The largest absolute Gasteiger partial charge is 0.376 e. The summed E-state index contributed by atoms with van der Waals surface area (Å²) in [5.74, 6) is -1.14. The molecular weight excluding hydrogens is 490 g/mol. The number of rotatable bonds is 5. The molecule has 3 N–H and O–H groups in total. The highest BCUT2D eigenvalue weighted by atomic mass is 79.9. The first-order valence-electron chi connectivity index (χ1n) is 10.8. The molecule has 9 heteroatoms. The van der Waals surface area contributed by atoms with E-state index in [2.05, 4.69) is 31.9 Å². The van der Waals surface area contributed by atoms with Crippen molar-refractivity contribution in [1.82, 2.24) is 16.0 Å². The number of halogens is 1. The van der Waals surface area contributed by atoms with Gasteiger partial charge < -0.3 is 10.1 Å². The first-order chi connectivity index (χ1) is 16.0. The average Bonchev–Trinajstić information content (AvgIpc) is 3.29.